The Balaban J connectivity index is 5.35. The first kappa shape index (κ1) is 21.3. The summed E-state index contributed by atoms with van der Waals surface area (Å²) in [6.07, 6.45) is 0.492. The number of aliphatic carboxylic acids is 2. The Labute approximate surface area is 142 Å². The molecule has 0 saturated carbocycles. The van der Waals surface area contributed by atoms with Crippen molar-refractivity contribution in [2.75, 3.05) is 0 Å². The largest absolute Gasteiger partial charge is 0.472 e. The number of carboxylic acid groups (broad SMARTS) is 2. The molecule has 0 heterocycles. The van der Waals surface area contributed by atoms with Gasteiger partial charge in [-0.05, 0) is 6.42 Å². The summed E-state index contributed by atoms with van der Waals surface area (Å²) in [6, 6.07) is -3.05. The van der Waals surface area contributed by atoms with Crippen LogP contribution in [0.25, 0.3) is 0 Å². The molecule has 0 aromatic carbocycles. The Morgan fingerprint density at radius 3 is 1.80 bits per heavy atom. The van der Waals surface area contributed by atoms with Crippen molar-refractivity contribution < 1.29 is 39.0 Å². The summed E-state index contributed by atoms with van der Waals surface area (Å²) >= 11 is 0. The van der Waals surface area contributed by atoms with Gasteiger partial charge < -0.3 is 25.6 Å². The van der Waals surface area contributed by atoms with Gasteiger partial charge in [0.2, 0.25) is 0 Å². The highest BCUT2D eigenvalue weighted by atomic mass is 16.4. The first-order chi connectivity index (χ1) is 11.7. The predicted molar refractivity (Wildman–Crippen MR) is 80.7 cm³/mol. The maximum absolute atomic E-state index is 12.0. The van der Waals surface area contributed by atoms with Gasteiger partial charge in [-0.15, -0.1) is 0 Å². The summed E-state index contributed by atoms with van der Waals surface area (Å²) in [5, 5.41) is 20.7. The first-order valence-electron chi connectivity index (χ1n) is 6.80. The topological polar surface area (TPSA) is 167 Å². The van der Waals surface area contributed by atoms with Crippen molar-refractivity contribution in [3.63, 3.8) is 0 Å². The number of rotatable bonds is 7. The van der Waals surface area contributed by atoms with Crippen molar-refractivity contribution >= 4 is 35.8 Å². The Morgan fingerprint density at radius 2 is 1.40 bits per heavy atom. The molecular formula is C15H14N2O8. The molecule has 0 rings (SSSR count). The van der Waals surface area contributed by atoms with E-state index in [9.17, 15) is 28.8 Å². The van der Waals surface area contributed by atoms with Crippen LogP contribution in [0.5, 0.6) is 0 Å². The summed E-state index contributed by atoms with van der Waals surface area (Å²) in [5.41, 5.74) is 0. The van der Waals surface area contributed by atoms with Crippen molar-refractivity contribution in [1.29, 1.82) is 0 Å². The van der Waals surface area contributed by atoms with Crippen LogP contribution in [0, 0.1) is 23.7 Å². The molecule has 25 heavy (non-hydrogen) atoms. The van der Waals surface area contributed by atoms with Crippen molar-refractivity contribution in [2.45, 2.75) is 31.8 Å². The van der Waals surface area contributed by atoms with Crippen LogP contribution in [0.1, 0.15) is 19.8 Å². The molecule has 2 unspecified atom stereocenters. The second-order valence-electron chi connectivity index (χ2n) is 4.41. The number of Topliss-reactive ketones (excluding diaryl/α,β-unsaturated/α-hetero) is 1. The number of ketones is 1. The normalized spacial score (nSPS) is 11.2. The monoisotopic (exact) mass is 350 g/mol. The molecule has 2 amide bonds. The van der Waals surface area contributed by atoms with Crippen molar-refractivity contribution in [1.82, 2.24) is 10.6 Å². The van der Waals surface area contributed by atoms with Crippen molar-refractivity contribution in [3.05, 3.63) is 0 Å². The van der Waals surface area contributed by atoms with Crippen LogP contribution in [0.4, 0.5) is 0 Å². The zero-order chi connectivity index (χ0) is 19.4. The van der Waals surface area contributed by atoms with Gasteiger partial charge in [-0.1, -0.05) is 6.92 Å². The first-order valence-corrected chi connectivity index (χ1v) is 6.80. The molecule has 10 nitrogen and oxygen atoms in total. The lowest BCUT2D eigenvalue weighted by atomic mass is 10.0. The summed E-state index contributed by atoms with van der Waals surface area (Å²) in [7, 11) is 0. The van der Waals surface area contributed by atoms with Gasteiger partial charge in [0.05, 0.1) is 0 Å². The zero-order valence-electron chi connectivity index (χ0n) is 13.0. The molecule has 0 fully saturated rings. The van der Waals surface area contributed by atoms with Crippen LogP contribution in [-0.4, -0.2) is 58.1 Å². The molecule has 0 aliphatic carbocycles. The van der Waals surface area contributed by atoms with E-state index in [1.54, 1.807) is 18.8 Å². The fourth-order valence-electron chi connectivity index (χ4n) is 1.55. The van der Waals surface area contributed by atoms with Gasteiger partial charge in [0.15, 0.2) is 5.78 Å². The number of amides is 2. The molecule has 4 N–H and O–H groups in total. The fraction of sp³-hybridized carbons (Fsp3) is 0.333. The van der Waals surface area contributed by atoms with E-state index in [2.05, 4.69) is 0 Å². The third-order valence-corrected chi connectivity index (χ3v) is 2.50. The standard InChI is InChI=1S/C15H14N2O8/c1-2-3-10(19)15(17-12(21)5-7-14(24)25)9(8-18)16-11(20)4-6-13(22)23/h8-9,15H,2-3H2,1H3,(H,16,20)(H,17,21)(H,22,23)(H,24,25). The minimum atomic E-state index is -1.58. The Bertz CT molecular complexity index is 705. The lowest BCUT2D eigenvalue weighted by Gasteiger charge is -2.22. The van der Waals surface area contributed by atoms with Crippen LogP contribution < -0.4 is 10.6 Å². The average molecular weight is 350 g/mol. The Kier molecular flexibility index (Phi) is 9.36. The van der Waals surface area contributed by atoms with Crippen LogP contribution in [0.3, 0.4) is 0 Å². The second-order valence-corrected chi connectivity index (χ2v) is 4.41. The fourth-order valence-corrected chi connectivity index (χ4v) is 1.55. The van der Waals surface area contributed by atoms with E-state index < -0.39 is 41.6 Å². The molecule has 0 saturated heterocycles. The van der Waals surface area contributed by atoms with E-state index in [0.717, 1.165) is 0 Å². The molecule has 0 aromatic heterocycles. The summed E-state index contributed by atoms with van der Waals surface area (Å²) < 4.78 is 0. The highest BCUT2D eigenvalue weighted by Crippen LogP contribution is 2.01. The molecule has 0 aliphatic rings. The minimum Gasteiger partial charge on any atom is -0.472 e. The maximum atomic E-state index is 12.0. The smallest absolute Gasteiger partial charge is 0.382 e. The van der Waals surface area contributed by atoms with Crippen LogP contribution >= 0.6 is 0 Å². The molecule has 0 aliphatic heterocycles. The molecule has 0 aromatic rings. The quantitative estimate of drug-likeness (QED) is 0.294. The van der Waals surface area contributed by atoms with E-state index >= 15 is 0 Å². The number of aldehydes is 1. The third-order valence-electron chi connectivity index (χ3n) is 2.50. The van der Waals surface area contributed by atoms with Crippen LogP contribution in [-0.2, 0) is 28.8 Å². The summed E-state index contributed by atoms with van der Waals surface area (Å²) in [6.45, 7) is 1.66. The second kappa shape index (κ2) is 11.0. The Morgan fingerprint density at radius 1 is 0.920 bits per heavy atom. The average Bonchev–Trinajstić information content (AvgIpc) is 2.54. The lowest BCUT2D eigenvalue weighted by molar-refractivity contribution is -0.131. The molecule has 0 spiro atoms. The van der Waals surface area contributed by atoms with E-state index in [1.807, 2.05) is 10.6 Å². The predicted octanol–water partition coefficient (Wildman–Crippen LogP) is -2.30. The van der Waals surface area contributed by atoms with Gasteiger partial charge in [0.1, 0.15) is 18.4 Å². The van der Waals surface area contributed by atoms with Gasteiger partial charge in [-0.3, -0.25) is 14.4 Å². The molecule has 0 bridgehead atoms. The number of carbonyl (C=O) groups excluding carboxylic acids is 4. The highest BCUT2D eigenvalue weighted by molar-refractivity contribution is 6.04. The molecule has 0 radical (unpaired) electrons. The zero-order valence-corrected chi connectivity index (χ0v) is 13.0. The number of hydrogen-bond donors (Lipinski definition) is 4. The third kappa shape index (κ3) is 9.15. The van der Waals surface area contributed by atoms with E-state index in [0.29, 0.717) is 6.42 Å². The van der Waals surface area contributed by atoms with Gasteiger partial charge in [0.25, 0.3) is 11.8 Å². The van der Waals surface area contributed by atoms with Gasteiger partial charge >= 0.3 is 11.9 Å². The van der Waals surface area contributed by atoms with Crippen LogP contribution in [0.2, 0.25) is 0 Å². The Hall–Kier alpha value is -3.66. The summed E-state index contributed by atoms with van der Waals surface area (Å²) in [5.74, 6) is 0.366. The van der Waals surface area contributed by atoms with Gasteiger partial charge in [-0.2, -0.15) is 0 Å². The minimum absolute atomic E-state index is 0.0433. The molecule has 2 atom stereocenters. The van der Waals surface area contributed by atoms with E-state index in [4.69, 9.17) is 10.2 Å². The van der Waals surface area contributed by atoms with E-state index in [-0.39, 0.29) is 12.7 Å². The van der Waals surface area contributed by atoms with Gasteiger partial charge in [-0.25, -0.2) is 9.59 Å². The highest BCUT2D eigenvalue weighted by Gasteiger charge is 2.29. The van der Waals surface area contributed by atoms with Crippen molar-refractivity contribution in [2.24, 2.45) is 0 Å². The van der Waals surface area contributed by atoms with Crippen LogP contribution in [0.15, 0.2) is 0 Å². The number of carboxylic acids is 2. The number of carbonyl (C=O) groups is 6. The summed E-state index contributed by atoms with van der Waals surface area (Å²) in [4.78, 5) is 66.8. The van der Waals surface area contributed by atoms with Gasteiger partial charge in [0, 0.05) is 30.1 Å². The molecular weight excluding hydrogens is 336 g/mol. The molecule has 10 heteroatoms. The van der Waals surface area contributed by atoms with Crippen molar-refractivity contribution in [3.8, 4) is 23.7 Å². The maximum Gasteiger partial charge on any atom is 0.382 e. The molecule has 132 valence electrons. The number of hydrogen-bond acceptors (Lipinski definition) is 6. The van der Waals surface area contributed by atoms with E-state index in [1.165, 1.54) is 11.8 Å². The SMILES string of the molecule is CCCC(=O)C(NC(=O)C#CC(=O)O)C(C=O)NC(=O)C#CC(=O)O. The lowest BCUT2D eigenvalue weighted by Crippen LogP contribution is -2.56. The number of nitrogens with one attached hydrogen (secondary N) is 2.